The molecule has 23 heavy (non-hydrogen) atoms. The van der Waals surface area contributed by atoms with Gasteiger partial charge in [-0.2, -0.15) is 0 Å². The second-order valence-electron chi connectivity index (χ2n) is 4.69. The number of hydrogen-bond acceptors (Lipinski definition) is 1. The van der Waals surface area contributed by atoms with Crippen LogP contribution >= 0.6 is 11.6 Å². The molecule has 0 bridgehead atoms. The standard InChI is InChI=1S/C17H23ClO.2C2H6/c1-4-8-15(19)12-13-9-7-10-14(11-13)16(5-2)17(18)6-3;2*1-2/h5-7,9-11,15,19H,4,8,12H2,1-3H3;2*1-2H3/b16-5-,17-6+;;. The molecule has 0 aromatic heterocycles. The summed E-state index contributed by atoms with van der Waals surface area (Å²) in [6, 6.07) is 8.24. The second-order valence-corrected chi connectivity index (χ2v) is 5.09. The van der Waals surface area contributed by atoms with Gasteiger partial charge in [-0.15, -0.1) is 0 Å². The Balaban J connectivity index is 0. The van der Waals surface area contributed by atoms with Crippen LogP contribution in [-0.2, 0) is 6.42 Å². The predicted octanol–water partition coefficient (Wildman–Crippen LogP) is 6.99. The highest BCUT2D eigenvalue weighted by atomic mass is 35.5. The Kier molecular flexibility index (Phi) is 16.7. The first-order valence-corrected chi connectivity index (χ1v) is 9.26. The van der Waals surface area contributed by atoms with Gasteiger partial charge in [0.1, 0.15) is 0 Å². The van der Waals surface area contributed by atoms with E-state index in [1.165, 1.54) is 0 Å². The van der Waals surface area contributed by atoms with Crippen molar-refractivity contribution in [1.29, 1.82) is 0 Å². The van der Waals surface area contributed by atoms with Crippen molar-refractivity contribution < 1.29 is 5.11 Å². The number of benzene rings is 1. The average Bonchev–Trinajstić information content (AvgIpc) is 2.59. The third-order valence-corrected chi connectivity index (χ3v) is 3.55. The largest absolute Gasteiger partial charge is 0.393 e. The van der Waals surface area contributed by atoms with Crippen LogP contribution in [0, 0.1) is 0 Å². The molecule has 1 aromatic carbocycles. The first kappa shape index (κ1) is 24.2. The molecular formula is C21H35ClO. The fourth-order valence-corrected chi connectivity index (χ4v) is 2.39. The minimum Gasteiger partial charge on any atom is -0.393 e. The lowest BCUT2D eigenvalue weighted by molar-refractivity contribution is 0.164. The van der Waals surface area contributed by atoms with Crippen LogP contribution in [0.15, 0.2) is 41.4 Å². The van der Waals surface area contributed by atoms with E-state index in [-0.39, 0.29) is 6.10 Å². The lowest BCUT2D eigenvalue weighted by Crippen LogP contribution is -2.09. The Labute approximate surface area is 149 Å². The minimum absolute atomic E-state index is 0.258. The molecule has 0 saturated carbocycles. The maximum atomic E-state index is 9.89. The summed E-state index contributed by atoms with van der Waals surface area (Å²) in [6.45, 7) is 14.0. The summed E-state index contributed by atoms with van der Waals surface area (Å²) in [6.07, 6.45) is 6.21. The summed E-state index contributed by atoms with van der Waals surface area (Å²) in [5.74, 6) is 0. The average molecular weight is 339 g/mol. The molecule has 0 amide bonds. The van der Waals surface area contributed by atoms with Gasteiger partial charge in [-0.05, 0) is 43.4 Å². The molecule has 0 fully saturated rings. The van der Waals surface area contributed by atoms with Crippen LogP contribution in [0.1, 0.15) is 72.4 Å². The van der Waals surface area contributed by atoms with Crippen molar-refractivity contribution in [3.05, 3.63) is 52.6 Å². The SMILES string of the molecule is C/C=C(\C(Cl)=C/C)c1cccc(CC(O)CCC)c1.CC.CC. The summed E-state index contributed by atoms with van der Waals surface area (Å²) in [7, 11) is 0. The molecular weight excluding hydrogens is 304 g/mol. The Bertz CT molecular complexity index is 461. The molecule has 1 aromatic rings. The highest BCUT2D eigenvalue weighted by Gasteiger charge is 2.08. The number of halogens is 1. The van der Waals surface area contributed by atoms with Crippen LogP contribution in [0.4, 0.5) is 0 Å². The maximum Gasteiger partial charge on any atom is 0.0580 e. The molecule has 0 aliphatic rings. The Morgan fingerprint density at radius 3 is 2.22 bits per heavy atom. The van der Waals surface area contributed by atoms with Crippen molar-refractivity contribution in [3.8, 4) is 0 Å². The van der Waals surface area contributed by atoms with Crippen LogP contribution in [0.3, 0.4) is 0 Å². The molecule has 0 heterocycles. The van der Waals surface area contributed by atoms with Crippen LogP contribution in [-0.4, -0.2) is 11.2 Å². The lowest BCUT2D eigenvalue weighted by Gasteiger charge is -2.12. The van der Waals surface area contributed by atoms with E-state index in [4.69, 9.17) is 11.6 Å². The van der Waals surface area contributed by atoms with Gasteiger partial charge < -0.3 is 5.11 Å². The van der Waals surface area contributed by atoms with E-state index < -0.39 is 0 Å². The number of rotatable bonds is 6. The normalized spacial score (nSPS) is 12.6. The van der Waals surface area contributed by atoms with Gasteiger partial charge in [-0.25, -0.2) is 0 Å². The number of hydrogen-bond donors (Lipinski definition) is 1. The molecule has 0 spiro atoms. The zero-order valence-electron chi connectivity index (χ0n) is 16.0. The van der Waals surface area contributed by atoms with Crippen LogP contribution in [0.2, 0.25) is 0 Å². The van der Waals surface area contributed by atoms with E-state index in [0.29, 0.717) is 6.42 Å². The summed E-state index contributed by atoms with van der Waals surface area (Å²) in [5.41, 5.74) is 3.29. The highest BCUT2D eigenvalue weighted by Crippen LogP contribution is 2.26. The maximum absolute atomic E-state index is 9.89. The molecule has 0 radical (unpaired) electrons. The van der Waals surface area contributed by atoms with Crippen LogP contribution in [0.5, 0.6) is 0 Å². The van der Waals surface area contributed by atoms with Crippen molar-refractivity contribution >= 4 is 17.2 Å². The van der Waals surface area contributed by atoms with Gasteiger partial charge in [0.2, 0.25) is 0 Å². The molecule has 1 atom stereocenters. The zero-order chi connectivity index (χ0) is 18.3. The topological polar surface area (TPSA) is 20.2 Å². The lowest BCUT2D eigenvalue weighted by atomic mass is 9.98. The van der Waals surface area contributed by atoms with E-state index in [1.807, 2.05) is 59.8 Å². The van der Waals surface area contributed by atoms with Crippen molar-refractivity contribution in [2.45, 2.75) is 73.8 Å². The fraction of sp³-hybridized carbons (Fsp3) is 0.524. The summed E-state index contributed by atoms with van der Waals surface area (Å²) < 4.78 is 0. The Hall–Kier alpha value is -1.05. The highest BCUT2D eigenvalue weighted by molar-refractivity contribution is 6.36. The zero-order valence-corrected chi connectivity index (χ0v) is 16.7. The number of allylic oxidation sites excluding steroid dienone is 4. The van der Waals surface area contributed by atoms with Crippen LogP contribution < -0.4 is 0 Å². The fourth-order valence-electron chi connectivity index (χ4n) is 2.17. The monoisotopic (exact) mass is 338 g/mol. The molecule has 0 aliphatic heterocycles. The Morgan fingerprint density at radius 2 is 1.74 bits per heavy atom. The molecule has 0 saturated heterocycles. The predicted molar refractivity (Wildman–Crippen MR) is 107 cm³/mol. The molecule has 1 nitrogen and oxygen atoms in total. The van der Waals surface area contributed by atoms with Gasteiger partial charge in [0.05, 0.1) is 6.10 Å². The number of aliphatic hydroxyl groups excluding tert-OH is 1. The summed E-state index contributed by atoms with van der Waals surface area (Å²) in [5, 5.41) is 10.7. The molecule has 132 valence electrons. The van der Waals surface area contributed by atoms with Crippen molar-refractivity contribution in [1.82, 2.24) is 0 Å². The molecule has 1 rings (SSSR count). The van der Waals surface area contributed by atoms with Gasteiger partial charge in [0.15, 0.2) is 0 Å². The molecule has 1 unspecified atom stereocenters. The van der Waals surface area contributed by atoms with E-state index in [9.17, 15) is 5.11 Å². The van der Waals surface area contributed by atoms with Crippen molar-refractivity contribution in [3.63, 3.8) is 0 Å². The van der Waals surface area contributed by atoms with Gasteiger partial charge in [0.25, 0.3) is 0 Å². The van der Waals surface area contributed by atoms with Gasteiger partial charge >= 0.3 is 0 Å². The molecule has 1 N–H and O–H groups in total. The van der Waals surface area contributed by atoms with E-state index in [1.54, 1.807) is 0 Å². The number of aliphatic hydroxyl groups is 1. The van der Waals surface area contributed by atoms with E-state index in [2.05, 4.69) is 25.1 Å². The molecule has 2 heteroatoms. The van der Waals surface area contributed by atoms with E-state index >= 15 is 0 Å². The third kappa shape index (κ3) is 9.63. The summed E-state index contributed by atoms with van der Waals surface area (Å²) >= 11 is 6.22. The van der Waals surface area contributed by atoms with Gasteiger partial charge in [0, 0.05) is 5.03 Å². The third-order valence-electron chi connectivity index (χ3n) is 3.13. The Morgan fingerprint density at radius 1 is 1.13 bits per heavy atom. The van der Waals surface area contributed by atoms with E-state index in [0.717, 1.165) is 34.6 Å². The first-order chi connectivity index (χ1) is 11.1. The van der Waals surface area contributed by atoms with Gasteiger partial charge in [-0.3, -0.25) is 0 Å². The smallest absolute Gasteiger partial charge is 0.0580 e. The second kappa shape index (κ2) is 15.8. The summed E-state index contributed by atoms with van der Waals surface area (Å²) in [4.78, 5) is 0. The van der Waals surface area contributed by atoms with Crippen LogP contribution in [0.25, 0.3) is 5.57 Å². The van der Waals surface area contributed by atoms with Crippen molar-refractivity contribution in [2.24, 2.45) is 0 Å². The molecule has 0 aliphatic carbocycles. The first-order valence-electron chi connectivity index (χ1n) is 8.88. The van der Waals surface area contributed by atoms with Gasteiger partial charge in [-0.1, -0.05) is 89.1 Å². The quantitative estimate of drug-likeness (QED) is 0.554. The van der Waals surface area contributed by atoms with Crippen molar-refractivity contribution in [2.75, 3.05) is 0 Å². The minimum atomic E-state index is -0.258.